The Labute approximate surface area is 130 Å². The molecule has 1 atom stereocenters. The maximum Gasteiger partial charge on any atom is 0.338 e. The second-order valence-electron chi connectivity index (χ2n) is 5.38. The molecule has 7 heteroatoms. The van der Waals surface area contributed by atoms with Gasteiger partial charge in [-0.15, -0.1) is 0 Å². The predicted molar refractivity (Wildman–Crippen MR) is 80.2 cm³/mol. The smallest absolute Gasteiger partial charge is 0.338 e. The van der Waals surface area contributed by atoms with Crippen LogP contribution in [0.1, 0.15) is 30.1 Å². The molecule has 1 fully saturated rings. The highest BCUT2D eigenvalue weighted by atomic mass is 32.2. The fourth-order valence-corrected chi connectivity index (χ4v) is 2.99. The van der Waals surface area contributed by atoms with Crippen molar-refractivity contribution in [3.05, 3.63) is 29.8 Å². The lowest BCUT2D eigenvalue weighted by Gasteiger charge is -2.20. The van der Waals surface area contributed by atoms with Gasteiger partial charge in [0.15, 0.2) is 15.9 Å². The number of sulfone groups is 1. The van der Waals surface area contributed by atoms with Gasteiger partial charge in [0.2, 0.25) is 0 Å². The van der Waals surface area contributed by atoms with E-state index in [4.69, 9.17) is 4.74 Å². The Morgan fingerprint density at radius 1 is 1.23 bits per heavy atom. The number of carbonyl (C=O) groups is 2. The van der Waals surface area contributed by atoms with Crippen LogP contribution in [-0.4, -0.2) is 50.6 Å². The highest BCUT2D eigenvalue weighted by Crippen LogP contribution is 2.15. The third-order valence-corrected chi connectivity index (χ3v) is 4.66. The first kappa shape index (κ1) is 16.5. The monoisotopic (exact) mass is 325 g/mol. The van der Waals surface area contributed by atoms with Crippen molar-refractivity contribution < 1.29 is 22.7 Å². The molecule has 6 nitrogen and oxygen atoms in total. The molecule has 0 saturated carbocycles. The van der Waals surface area contributed by atoms with Gasteiger partial charge in [0.05, 0.1) is 10.5 Å². The molecule has 2 rings (SSSR count). The molecule has 0 radical (unpaired) electrons. The summed E-state index contributed by atoms with van der Waals surface area (Å²) in [5.41, 5.74) is 0.115. The zero-order valence-corrected chi connectivity index (χ0v) is 13.4. The molecule has 1 aliphatic rings. The molecule has 120 valence electrons. The quantitative estimate of drug-likeness (QED) is 0.779. The molecule has 1 amide bonds. The van der Waals surface area contributed by atoms with Gasteiger partial charge < -0.3 is 9.64 Å². The predicted octanol–water partition coefficient (Wildman–Crippen LogP) is 1.26. The lowest BCUT2D eigenvalue weighted by atomic mass is 10.2. The molecule has 1 aromatic carbocycles. The molecule has 0 unspecified atom stereocenters. The molecule has 1 saturated heterocycles. The molecular formula is C15H19NO5S. The minimum Gasteiger partial charge on any atom is -0.449 e. The van der Waals surface area contributed by atoms with Crippen molar-refractivity contribution in [3.63, 3.8) is 0 Å². The van der Waals surface area contributed by atoms with Gasteiger partial charge in [-0.1, -0.05) is 6.07 Å². The van der Waals surface area contributed by atoms with Crippen LogP contribution >= 0.6 is 0 Å². The fraction of sp³-hybridized carbons (Fsp3) is 0.467. The summed E-state index contributed by atoms with van der Waals surface area (Å²) in [5, 5.41) is 0. The maximum atomic E-state index is 12.1. The van der Waals surface area contributed by atoms with Crippen molar-refractivity contribution in [2.75, 3.05) is 19.3 Å². The Morgan fingerprint density at radius 3 is 2.45 bits per heavy atom. The van der Waals surface area contributed by atoms with Crippen LogP contribution in [-0.2, 0) is 19.4 Å². The number of carbonyl (C=O) groups excluding carboxylic acids is 2. The summed E-state index contributed by atoms with van der Waals surface area (Å²) in [6, 6.07) is 5.60. The van der Waals surface area contributed by atoms with Crippen LogP contribution in [0.15, 0.2) is 29.2 Å². The molecule has 22 heavy (non-hydrogen) atoms. The first-order chi connectivity index (χ1) is 10.3. The first-order valence-electron chi connectivity index (χ1n) is 7.09. The van der Waals surface area contributed by atoms with Gasteiger partial charge in [0, 0.05) is 19.3 Å². The summed E-state index contributed by atoms with van der Waals surface area (Å²) >= 11 is 0. The van der Waals surface area contributed by atoms with Crippen LogP contribution in [0.3, 0.4) is 0 Å². The van der Waals surface area contributed by atoms with Crippen molar-refractivity contribution in [2.45, 2.75) is 30.8 Å². The zero-order valence-electron chi connectivity index (χ0n) is 12.6. The highest BCUT2D eigenvalue weighted by molar-refractivity contribution is 7.90. The van der Waals surface area contributed by atoms with E-state index in [1.165, 1.54) is 31.2 Å². The number of rotatable bonds is 4. The van der Waals surface area contributed by atoms with Crippen LogP contribution in [0.5, 0.6) is 0 Å². The van der Waals surface area contributed by atoms with E-state index in [2.05, 4.69) is 0 Å². The van der Waals surface area contributed by atoms with E-state index < -0.39 is 21.9 Å². The molecular weight excluding hydrogens is 306 g/mol. The number of amides is 1. The Balaban J connectivity index is 2.07. The Morgan fingerprint density at radius 2 is 1.86 bits per heavy atom. The minimum absolute atomic E-state index is 0.0421. The minimum atomic E-state index is -3.40. The van der Waals surface area contributed by atoms with Crippen LogP contribution < -0.4 is 0 Å². The molecule has 0 bridgehead atoms. The SMILES string of the molecule is C[C@@H](OC(=O)c1cccc(S(C)(=O)=O)c1)C(=O)N1CCCC1. The number of hydrogen-bond acceptors (Lipinski definition) is 5. The van der Waals surface area contributed by atoms with Crippen molar-refractivity contribution >= 4 is 21.7 Å². The van der Waals surface area contributed by atoms with E-state index in [-0.39, 0.29) is 16.4 Å². The van der Waals surface area contributed by atoms with Crippen molar-refractivity contribution in [1.29, 1.82) is 0 Å². The number of ether oxygens (including phenoxy) is 1. The average Bonchev–Trinajstić information content (AvgIpc) is 2.99. The standard InChI is InChI=1S/C15H19NO5S/c1-11(14(17)16-8-3-4-9-16)21-15(18)12-6-5-7-13(10-12)22(2,19)20/h5-7,10-11H,3-4,8-9H2,1-2H3/t11-/m1/s1. The van der Waals surface area contributed by atoms with Gasteiger partial charge in [-0.2, -0.15) is 0 Å². The molecule has 1 aromatic rings. The van der Waals surface area contributed by atoms with E-state index in [1.807, 2.05) is 0 Å². The highest BCUT2D eigenvalue weighted by Gasteiger charge is 2.26. The third-order valence-electron chi connectivity index (χ3n) is 3.55. The summed E-state index contributed by atoms with van der Waals surface area (Å²) in [5.74, 6) is -0.921. The van der Waals surface area contributed by atoms with Crippen LogP contribution in [0.4, 0.5) is 0 Å². The van der Waals surface area contributed by atoms with E-state index in [1.54, 1.807) is 4.90 Å². The van der Waals surface area contributed by atoms with Crippen molar-refractivity contribution in [2.24, 2.45) is 0 Å². The lowest BCUT2D eigenvalue weighted by molar-refractivity contribution is -0.138. The number of nitrogens with zero attached hydrogens (tertiary/aromatic N) is 1. The first-order valence-corrected chi connectivity index (χ1v) is 8.98. The summed E-state index contributed by atoms with van der Waals surface area (Å²) in [6.45, 7) is 2.90. The van der Waals surface area contributed by atoms with Gasteiger partial charge in [0.1, 0.15) is 0 Å². The van der Waals surface area contributed by atoms with E-state index in [9.17, 15) is 18.0 Å². The second kappa shape index (κ2) is 6.48. The number of benzene rings is 1. The molecule has 1 heterocycles. The maximum absolute atomic E-state index is 12.1. The normalized spacial score (nSPS) is 16.4. The number of esters is 1. The van der Waals surface area contributed by atoms with E-state index in [0.717, 1.165) is 19.1 Å². The van der Waals surface area contributed by atoms with Crippen LogP contribution in [0.25, 0.3) is 0 Å². The summed E-state index contributed by atoms with van der Waals surface area (Å²) < 4.78 is 28.2. The van der Waals surface area contributed by atoms with Gasteiger partial charge >= 0.3 is 5.97 Å². The molecule has 0 aromatic heterocycles. The van der Waals surface area contributed by atoms with E-state index in [0.29, 0.717) is 13.1 Å². The second-order valence-corrected chi connectivity index (χ2v) is 7.40. The summed E-state index contributed by atoms with van der Waals surface area (Å²) in [6.07, 6.45) is 2.11. The largest absolute Gasteiger partial charge is 0.449 e. The molecule has 0 spiro atoms. The topological polar surface area (TPSA) is 80.8 Å². The van der Waals surface area contributed by atoms with Gasteiger partial charge in [0.25, 0.3) is 5.91 Å². The van der Waals surface area contributed by atoms with Crippen molar-refractivity contribution in [1.82, 2.24) is 4.90 Å². The lowest BCUT2D eigenvalue weighted by Crippen LogP contribution is -2.38. The van der Waals surface area contributed by atoms with Gasteiger partial charge in [-0.25, -0.2) is 13.2 Å². The molecule has 0 aliphatic carbocycles. The summed E-state index contributed by atoms with van der Waals surface area (Å²) in [7, 11) is -3.40. The summed E-state index contributed by atoms with van der Waals surface area (Å²) in [4.78, 5) is 25.9. The van der Waals surface area contributed by atoms with E-state index >= 15 is 0 Å². The Hall–Kier alpha value is -1.89. The van der Waals surface area contributed by atoms with Gasteiger partial charge in [-0.3, -0.25) is 4.79 Å². The fourth-order valence-electron chi connectivity index (χ4n) is 2.33. The Kier molecular flexibility index (Phi) is 4.85. The Bertz CT molecular complexity index is 677. The van der Waals surface area contributed by atoms with Crippen LogP contribution in [0, 0.1) is 0 Å². The van der Waals surface area contributed by atoms with Gasteiger partial charge in [-0.05, 0) is 38.0 Å². The zero-order chi connectivity index (χ0) is 16.3. The molecule has 0 N–H and O–H groups in total. The third kappa shape index (κ3) is 3.85. The number of hydrogen-bond donors (Lipinski definition) is 0. The van der Waals surface area contributed by atoms with Crippen LogP contribution in [0.2, 0.25) is 0 Å². The molecule has 1 aliphatic heterocycles. The average molecular weight is 325 g/mol. The van der Waals surface area contributed by atoms with Crippen molar-refractivity contribution in [3.8, 4) is 0 Å². The number of likely N-dealkylation sites (tertiary alicyclic amines) is 1.